The van der Waals surface area contributed by atoms with E-state index in [4.69, 9.17) is 4.74 Å². The molecule has 0 aliphatic carbocycles. The summed E-state index contributed by atoms with van der Waals surface area (Å²) in [5.41, 5.74) is 0.924. The lowest BCUT2D eigenvalue weighted by Gasteiger charge is -2.17. The maximum absolute atomic E-state index is 11.7. The Bertz CT molecular complexity index is 483. The highest BCUT2D eigenvalue weighted by atomic mass is 32.2. The van der Waals surface area contributed by atoms with E-state index in [1.807, 2.05) is 38.1 Å². The van der Waals surface area contributed by atoms with E-state index >= 15 is 0 Å². The Morgan fingerprint density at radius 3 is 2.56 bits per heavy atom. The van der Waals surface area contributed by atoms with E-state index in [2.05, 4.69) is 0 Å². The van der Waals surface area contributed by atoms with Gasteiger partial charge >= 0.3 is 0 Å². The minimum absolute atomic E-state index is 0.109. The van der Waals surface area contributed by atoms with Gasteiger partial charge < -0.3 is 4.74 Å². The molecule has 0 unspecified atom stereocenters. The molecule has 0 heterocycles. The second-order valence-electron chi connectivity index (χ2n) is 4.47. The first-order chi connectivity index (χ1) is 8.35. The maximum Gasteiger partial charge on any atom is 0.213 e. The summed E-state index contributed by atoms with van der Waals surface area (Å²) >= 11 is 0. The highest BCUT2D eigenvalue weighted by molar-refractivity contribution is 7.89. The number of hydrogen-bond donors (Lipinski definition) is 0. The quantitative estimate of drug-likeness (QED) is 0.797. The Kier molecular flexibility index (Phi) is 5.16. The summed E-state index contributed by atoms with van der Waals surface area (Å²) in [6.45, 7) is 5.93. The van der Waals surface area contributed by atoms with E-state index in [-0.39, 0.29) is 11.9 Å². The molecule has 0 atom stereocenters. The molecule has 18 heavy (non-hydrogen) atoms. The molecule has 0 saturated carbocycles. The first-order valence-corrected chi connectivity index (χ1v) is 7.65. The fraction of sp³-hybridized carbons (Fsp3) is 0.538. The van der Waals surface area contributed by atoms with Crippen molar-refractivity contribution >= 4 is 10.0 Å². The van der Waals surface area contributed by atoms with Crippen LogP contribution in [0.15, 0.2) is 24.3 Å². The van der Waals surface area contributed by atoms with Gasteiger partial charge in [-0.15, -0.1) is 0 Å². The predicted molar refractivity (Wildman–Crippen MR) is 73.1 cm³/mol. The Balaban J connectivity index is 2.79. The predicted octanol–water partition coefficient (Wildman–Crippen LogP) is 2.26. The molecule has 0 radical (unpaired) electrons. The minimum Gasteiger partial charge on any atom is -0.491 e. The van der Waals surface area contributed by atoms with Gasteiger partial charge in [0.1, 0.15) is 5.75 Å². The van der Waals surface area contributed by atoms with Crippen LogP contribution < -0.4 is 4.74 Å². The van der Waals surface area contributed by atoms with Gasteiger partial charge in [-0.25, -0.2) is 12.7 Å². The first-order valence-electron chi connectivity index (χ1n) is 6.04. The summed E-state index contributed by atoms with van der Waals surface area (Å²) in [7, 11) is -1.55. The van der Waals surface area contributed by atoms with Crippen LogP contribution in [0.1, 0.15) is 26.3 Å². The van der Waals surface area contributed by atoms with Crippen molar-refractivity contribution in [2.45, 2.75) is 33.4 Å². The number of hydrogen-bond acceptors (Lipinski definition) is 3. The van der Waals surface area contributed by atoms with E-state index in [1.165, 1.54) is 4.31 Å². The number of nitrogens with zero attached hydrogens (tertiary/aromatic N) is 1. The topological polar surface area (TPSA) is 46.6 Å². The van der Waals surface area contributed by atoms with Crippen molar-refractivity contribution in [3.63, 3.8) is 0 Å². The summed E-state index contributed by atoms with van der Waals surface area (Å²) in [6, 6.07) is 7.52. The summed E-state index contributed by atoms with van der Waals surface area (Å²) in [6.07, 6.45) is 0.109. The first kappa shape index (κ1) is 15.0. The Labute approximate surface area is 110 Å². The third-order valence-corrected chi connectivity index (χ3v) is 4.32. The molecule has 0 aromatic heterocycles. The van der Waals surface area contributed by atoms with Crippen LogP contribution in [0.2, 0.25) is 0 Å². The van der Waals surface area contributed by atoms with Crippen molar-refractivity contribution < 1.29 is 13.2 Å². The molecule has 1 rings (SSSR count). The zero-order chi connectivity index (χ0) is 13.8. The van der Waals surface area contributed by atoms with E-state index < -0.39 is 10.0 Å². The molecule has 0 fully saturated rings. The van der Waals surface area contributed by atoms with Gasteiger partial charge in [-0.05, 0) is 38.5 Å². The van der Waals surface area contributed by atoms with Crippen LogP contribution in [0, 0.1) is 0 Å². The van der Waals surface area contributed by atoms with Crippen molar-refractivity contribution in [3.8, 4) is 5.75 Å². The molecular weight excluding hydrogens is 250 g/mol. The minimum atomic E-state index is -3.14. The van der Waals surface area contributed by atoms with E-state index in [1.54, 1.807) is 14.0 Å². The largest absolute Gasteiger partial charge is 0.491 e. The summed E-state index contributed by atoms with van der Waals surface area (Å²) in [5.74, 6) is 0.885. The number of sulfonamides is 1. The molecule has 0 aliphatic heterocycles. The van der Waals surface area contributed by atoms with Gasteiger partial charge in [0.2, 0.25) is 10.0 Å². The molecule has 0 aliphatic rings. The van der Waals surface area contributed by atoms with Crippen LogP contribution in [0.5, 0.6) is 5.75 Å². The Hall–Kier alpha value is -1.07. The SMILES string of the molecule is CCS(=O)(=O)N(C)Cc1cccc(OC(C)C)c1. The molecule has 0 bridgehead atoms. The fourth-order valence-corrected chi connectivity index (χ4v) is 2.35. The Morgan fingerprint density at radius 2 is 2.00 bits per heavy atom. The molecule has 1 aromatic carbocycles. The van der Waals surface area contributed by atoms with Gasteiger partial charge in [-0.1, -0.05) is 12.1 Å². The number of benzene rings is 1. The van der Waals surface area contributed by atoms with Gasteiger partial charge in [-0.2, -0.15) is 0 Å². The zero-order valence-electron chi connectivity index (χ0n) is 11.4. The normalized spacial score (nSPS) is 12.1. The summed E-state index contributed by atoms with van der Waals surface area (Å²) in [5, 5.41) is 0. The van der Waals surface area contributed by atoms with Crippen LogP contribution in [-0.2, 0) is 16.6 Å². The molecule has 0 saturated heterocycles. The second-order valence-corrected chi connectivity index (χ2v) is 6.84. The lowest BCUT2D eigenvalue weighted by Crippen LogP contribution is -2.27. The molecular formula is C13H21NO3S. The molecule has 4 nitrogen and oxygen atoms in total. The van der Waals surface area contributed by atoms with E-state index in [0.29, 0.717) is 6.54 Å². The van der Waals surface area contributed by atoms with E-state index in [0.717, 1.165) is 11.3 Å². The van der Waals surface area contributed by atoms with Crippen molar-refractivity contribution in [2.75, 3.05) is 12.8 Å². The highest BCUT2D eigenvalue weighted by Gasteiger charge is 2.15. The van der Waals surface area contributed by atoms with E-state index in [9.17, 15) is 8.42 Å². The molecule has 1 aromatic rings. The summed E-state index contributed by atoms with van der Waals surface area (Å²) < 4.78 is 30.3. The zero-order valence-corrected chi connectivity index (χ0v) is 12.2. The van der Waals surface area contributed by atoms with Crippen molar-refractivity contribution in [1.29, 1.82) is 0 Å². The highest BCUT2D eigenvalue weighted by Crippen LogP contribution is 2.17. The number of rotatable bonds is 6. The van der Waals surface area contributed by atoms with Crippen molar-refractivity contribution in [1.82, 2.24) is 4.31 Å². The molecule has 0 spiro atoms. The standard InChI is InChI=1S/C13H21NO3S/c1-5-18(15,16)14(4)10-12-7-6-8-13(9-12)17-11(2)3/h6-9,11H,5,10H2,1-4H3. The lowest BCUT2D eigenvalue weighted by atomic mass is 10.2. The third kappa shape index (κ3) is 4.31. The van der Waals surface area contributed by atoms with Gasteiger partial charge in [0.15, 0.2) is 0 Å². The van der Waals surface area contributed by atoms with Gasteiger partial charge in [0.25, 0.3) is 0 Å². The third-order valence-electron chi connectivity index (χ3n) is 2.52. The van der Waals surface area contributed by atoms with Gasteiger partial charge in [0, 0.05) is 13.6 Å². The van der Waals surface area contributed by atoms with Gasteiger partial charge in [-0.3, -0.25) is 0 Å². The Morgan fingerprint density at radius 1 is 1.33 bits per heavy atom. The molecule has 5 heteroatoms. The average Bonchev–Trinajstić information content (AvgIpc) is 2.28. The number of ether oxygens (including phenoxy) is 1. The van der Waals surface area contributed by atoms with Crippen molar-refractivity contribution in [2.24, 2.45) is 0 Å². The molecule has 0 N–H and O–H groups in total. The lowest BCUT2D eigenvalue weighted by molar-refractivity contribution is 0.242. The average molecular weight is 271 g/mol. The van der Waals surface area contributed by atoms with Crippen LogP contribution in [0.4, 0.5) is 0 Å². The molecule has 102 valence electrons. The van der Waals surface area contributed by atoms with Crippen LogP contribution in [-0.4, -0.2) is 31.6 Å². The fourth-order valence-electron chi connectivity index (χ4n) is 1.57. The second kappa shape index (κ2) is 6.20. The maximum atomic E-state index is 11.7. The van der Waals surface area contributed by atoms with Crippen LogP contribution in [0.3, 0.4) is 0 Å². The van der Waals surface area contributed by atoms with Crippen LogP contribution in [0.25, 0.3) is 0 Å². The van der Waals surface area contributed by atoms with Crippen molar-refractivity contribution in [3.05, 3.63) is 29.8 Å². The smallest absolute Gasteiger partial charge is 0.213 e. The summed E-state index contributed by atoms with van der Waals surface area (Å²) in [4.78, 5) is 0. The molecule has 0 amide bonds. The monoisotopic (exact) mass is 271 g/mol. The van der Waals surface area contributed by atoms with Gasteiger partial charge in [0.05, 0.1) is 11.9 Å². The van der Waals surface area contributed by atoms with Crippen LogP contribution >= 0.6 is 0 Å².